The normalized spacial score (nSPS) is 9.92. The number of hydrogen-bond acceptors (Lipinski definition) is 3. The predicted octanol–water partition coefficient (Wildman–Crippen LogP) is -0.204. The van der Waals surface area contributed by atoms with E-state index in [1.165, 1.54) is 12.1 Å². The summed E-state index contributed by atoms with van der Waals surface area (Å²) in [7, 11) is 0. The molecule has 0 fully saturated rings. The first-order valence-electron chi connectivity index (χ1n) is 7.24. The van der Waals surface area contributed by atoms with E-state index in [2.05, 4.69) is 15.6 Å². The van der Waals surface area contributed by atoms with Crippen molar-refractivity contribution in [2.75, 3.05) is 22.2 Å². The van der Waals surface area contributed by atoms with Crippen molar-refractivity contribution in [3.8, 4) is 0 Å². The molecular formula is C16H19Cl2FN4O. The van der Waals surface area contributed by atoms with Gasteiger partial charge in [0.05, 0.1) is 6.54 Å². The molecule has 5 N–H and O–H groups in total. The highest BCUT2D eigenvalue weighted by Crippen LogP contribution is 2.15. The molecule has 2 aromatic rings. The molecule has 8 heteroatoms. The van der Waals surface area contributed by atoms with Gasteiger partial charge in [-0.25, -0.2) is 9.37 Å². The Morgan fingerprint density at radius 2 is 1.92 bits per heavy atom. The van der Waals surface area contributed by atoms with E-state index in [0.29, 0.717) is 42.6 Å². The highest BCUT2D eigenvalue weighted by molar-refractivity contribution is 6.18. The first-order valence-corrected chi connectivity index (χ1v) is 7.78. The van der Waals surface area contributed by atoms with Gasteiger partial charge in [-0.1, -0.05) is 12.1 Å². The molecule has 1 heterocycles. The molecular weight excluding hydrogens is 354 g/mol. The van der Waals surface area contributed by atoms with Crippen LogP contribution in [0.3, 0.4) is 0 Å². The molecule has 0 aliphatic rings. The number of nitrogen functional groups attached to an aromatic ring is 1. The van der Waals surface area contributed by atoms with Gasteiger partial charge in [0, 0.05) is 18.4 Å². The van der Waals surface area contributed by atoms with Gasteiger partial charge in [0.25, 0.3) is 0 Å². The lowest BCUT2D eigenvalue weighted by atomic mass is 10.2. The summed E-state index contributed by atoms with van der Waals surface area (Å²) < 4.78 is 12.8. The van der Waals surface area contributed by atoms with Crippen molar-refractivity contribution in [2.45, 2.75) is 19.4 Å². The van der Waals surface area contributed by atoms with Gasteiger partial charge >= 0.3 is 0 Å². The van der Waals surface area contributed by atoms with Crippen LogP contribution in [0.4, 0.5) is 21.7 Å². The molecule has 1 amide bonds. The number of anilines is 3. The van der Waals surface area contributed by atoms with Crippen LogP contribution in [0.5, 0.6) is 0 Å². The number of H-pyrrole nitrogens is 1. The van der Waals surface area contributed by atoms with E-state index in [-0.39, 0.29) is 24.1 Å². The fourth-order valence-corrected chi connectivity index (χ4v) is 2.10. The molecule has 0 bridgehead atoms. The van der Waals surface area contributed by atoms with Crippen LogP contribution >= 0.6 is 11.6 Å². The van der Waals surface area contributed by atoms with E-state index >= 15 is 0 Å². The lowest BCUT2D eigenvalue weighted by Gasteiger charge is -2.07. The number of aromatic nitrogens is 1. The van der Waals surface area contributed by atoms with Gasteiger partial charge in [0.2, 0.25) is 17.5 Å². The molecule has 1 aromatic carbocycles. The highest BCUT2D eigenvalue weighted by Gasteiger charge is 2.10. The summed E-state index contributed by atoms with van der Waals surface area (Å²) in [6, 6.07) is 9.73. The number of pyridine rings is 1. The number of nitrogens with two attached hydrogens (primary N) is 1. The first-order chi connectivity index (χ1) is 11.1. The maximum Gasteiger partial charge on any atom is 0.241 e. The van der Waals surface area contributed by atoms with Gasteiger partial charge < -0.3 is 28.8 Å². The molecule has 1 aromatic heterocycles. The average Bonchev–Trinajstić information content (AvgIpc) is 2.54. The van der Waals surface area contributed by atoms with Crippen LogP contribution in [0.25, 0.3) is 0 Å². The van der Waals surface area contributed by atoms with Crippen molar-refractivity contribution in [3.05, 3.63) is 47.8 Å². The Labute approximate surface area is 151 Å². The largest absolute Gasteiger partial charge is 1.00 e. The minimum atomic E-state index is -0.265. The Bertz CT molecular complexity index is 668. The van der Waals surface area contributed by atoms with Crippen molar-refractivity contribution in [1.82, 2.24) is 0 Å². The van der Waals surface area contributed by atoms with Crippen molar-refractivity contribution in [1.29, 1.82) is 0 Å². The maximum absolute atomic E-state index is 12.8. The molecule has 0 aliphatic heterocycles. The second kappa shape index (κ2) is 9.95. The monoisotopic (exact) mass is 372 g/mol. The summed E-state index contributed by atoms with van der Waals surface area (Å²) in [5.41, 5.74) is 7.37. The van der Waals surface area contributed by atoms with Crippen LogP contribution in [0.15, 0.2) is 36.4 Å². The Balaban J connectivity index is 0.00000288. The SMILES string of the molecule is Nc1[nH+]c(NCc2ccc(F)cc2)ccc1NC(=O)CCCCl.[Cl-]. The summed E-state index contributed by atoms with van der Waals surface area (Å²) >= 11 is 5.55. The third-order valence-corrected chi connectivity index (χ3v) is 3.45. The lowest BCUT2D eigenvalue weighted by molar-refractivity contribution is -0.342. The molecule has 2 rings (SSSR count). The fourth-order valence-electron chi connectivity index (χ4n) is 1.96. The maximum atomic E-state index is 12.8. The molecule has 0 spiro atoms. The van der Waals surface area contributed by atoms with Crippen LogP contribution in [0.2, 0.25) is 0 Å². The molecule has 0 atom stereocenters. The summed E-state index contributed by atoms with van der Waals surface area (Å²) in [5, 5.41) is 5.88. The fraction of sp³-hybridized carbons (Fsp3) is 0.250. The quantitative estimate of drug-likeness (QED) is 0.588. The van der Waals surface area contributed by atoms with Crippen molar-refractivity contribution >= 4 is 34.8 Å². The van der Waals surface area contributed by atoms with Crippen molar-refractivity contribution < 1.29 is 26.6 Å². The zero-order valence-electron chi connectivity index (χ0n) is 12.9. The molecule has 0 saturated heterocycles. The Morgan fingerprint density at radius 1 is 1.21 bits per heavy atom. The van der Waals surface area contributed by atoms with Crippen LogP contribution < -0.4 is 33.8 Å². The van der Waals surface area contributed by atoms with E-state index in [0.717, 1.165) is 5.56 Å². The number of halogens is 3. The third kappa shape index (κ3) is 6.22. The second-order valence-electron chi connectivity index (χ2n) is 5.02. The molecule has 5 nitrogen and oxygen atoms in total. The summed E-state index contributed by atoms with van der Waals surface area (Å²) in [4.78, 5) is 14.6. The summed E-state index contributed by atoms with van der Waals surface area (Å²) in [6.07, 6.45) is 0.974. The molecule has 24 heavy (non-hydrogen) atoms. The third-order valence-electron chi connectivity index (χ3n) is 3.18. The van der Waals surface area contributed by atoms with Crippen LogP contribution in [-0.2, 0) is 11.3 Å². The summed E-state index contributed by atoms with van der Waals surface area (Å²) in [6.45, 7) is 0.525. The van der Waals surface area contributed by atoms with Crippen LogP contribution in [0.1, 0.15) is 18.4 Å². The number of nitrogens with one attached hydrogen (secondary N) is 3. The standard InChI is InChI=1S/C16H18ClFN4O.ClH/c17-9-1-2-15(23)21-13-7-8-14(22-16(13)19)20-10-11-3-5-12(18)6-4-11;/h3-8H,1-2,9-10H2,(H,21,23)(H3,19,20,22);1H. The molecule has 0 saturated carbocycles. The van der Waals surface area contributed by atoms with E-state index in [1.54, 1.807) is 24.3 Å². The highest BCUT2D eigenvalue weighted by atomic mass is 35.5. The number of rotatable bonds is 7. The van der Waals surface area contributed by atoms with E-state index in [1.807, 2.05) is 0 Å². The van der Waals surface area contributed by atoms with Crippen LogP contribution in [0, 0.1) is 5.82 Å². The predicted molar refractivity (Wildman–Crippen MR) is 89.7 cm³/mol. The Kier molecular flexibility index (Phi) is 8.29. The van der Waals surface area contributed by atoms with E-state index in [9.17, 15) is 9.18 Å². The number of carbonyl (C=O) groups excluding carboxylic acids is 1. The van der Waals surface area contributed by atoms with Crippen LogP contribution in [-0.4, -0.2) is 11.8 Å². The number of benzene rings is 1. The first kappa shape index (κ1) is 20.0. The van der Waals surface area contributed by atoms with E-state index in [4.69, 9.17) is 17.3 Å². The summed E-state index contributed by atoms with van der Waals surface area (Å²) in [5.74, 6) is 1.11. The zero-order valence-corrected chi connectivity index (χ0v) is 14.4. The number of carbonyl (C=O) groups is 1. The zero-order chi connectivity index (χ0) is 16.7. The molecule has 0 aliphatic carbocycles. The minimum absolute atomic E-state index is 0. The number of amides is 1. The molecule has 0 unspecified atom stereocenters. The van der Waals surface area contributed by atoms with Gasteiger partial charge in [0.15, 0.2) is 0 Å². The average molecular weight is 373 g/mol. The Hall–Kier alpha value is -2.05. The number of aromatic amines is 1. The smallest absolute Gasteiger partial charge is 0.241 e. The Morgan fingerprint density at radius 3 is 2.54 bits per heavy atom. The lowest BCUT2D eigenvalue weighted by Crippen LogP contribution is -3.00. The van der Waals surface area contributed by atoms with Crippen molar-refractivity contribution in [2.24, 2.45) is 0 Å². The van der Waals surface area contributed by atoms with Gasteiger partial charge in [-0.05, 0) is 30.2 Å². The van der Waals surface area contributed by atoms with Gasteiger partial charge in [0.1, 0.15) is 11.5 Å². The number of alkyl halides is 1. The van der Waals surface area contributed by atoms with Gasteiger partial charge in [-0.3, -0.25) is 4.79 Å². The van der Waals surface area contributed by atoms with Gasteiger partial charge in [-0.15, -0.1) is 11.6 Å². The number of hydrogen-bond donors (Lipinski definition) is 3. The minimum Gasteiger partial charge on any atom is -1.00 e. The topological polar surface area (TPSA) is 81.3 Å². The van der Waals surface area contributed by atoms with Gasteiger partial charge in [-0.2, -0.15) is 0 Å². The van der Waals surface area contributed by atoms with E-state index < -0.39 is 0 Å². The molecule has 130 valence electrons. The second-order valence-corrected chi connectivity index (χ2v) is 5.40. The molecule has 0 radical (unpaired) electrons. The van der Waals surface area contributed by atoms with Crippen molar-refractivity contribution in [3.63, 3.8) is 0 Å².